The van der Waals surface area contributed by atoms with Crippen molar-refractivity contribution >= 4 is 23.3 Å². The van der Waals surface area contributed by atoms with Crippen LogP contribution in [-0.4, -0.2) is 16.1 Å². The first-order valence-corrected chi connectivity index (χ1v) is 3.70. The Morgan fingerprint density at radius 2 is 2.42 bits per heavy atom. The lowest BCUT2D eigenvalue weighted by atomic mass is 10.3. The zero-order valence-electron chi connectivity index (χ0n) is 6.44. The molecular formula is C8H6N2OS. The van der Waals surface area contributed by atoms with E-state index in [1.54, 1.807) is 25.1 Å². The summed E-state index contributed by atoms with van der Waals surface area (Å²) in [5.74, 6) is -0.450. The highest BCUT2D eigenvalue weighted by molar-refractivity contribution is 7.78. The third kappa shape index (κ3) is 2.05. The minimum absolute atomic E-state index is 0.298. The number of carbonyl (C=O) groups is 1. The summed E-state index contributed by atoms with van der Waals surface area (Å²) in [7, 11) is 0. The van der Waals surface area contributed by atoms with Gasteiger partial charge in [-0.05, 0) is 31.3 Å². The second kappa shape index (κ2) is 3.85. The van der Waals surface area contributed by atoms with E-state index in [0.29, 0.717) is 5.69 Å². The van der Waals surface area contributed by atoms with Gasteiger partial charge in [-0.25, -0.2) is 4.98 Å². The molecule has 0 bridgehead atoms. The van der Waals surface area contributed by atoms with E-state index >= 15 is 0 Å². The maximum atomic E-state index is 11.0. The zero-order chi connectivity index (χ0) is 8.97. The molecule has 1 aromatic heterocycles. The average molecular weight is 178 g/mol. The normalized spacial score (nSPS) is 8.75. The number of pyridine rings is 1. The Bertz CT molecular complexity index is 356. The van der Waals surface area contributed by atoms with E-state index in [0.717, 1.165) is 5.69 Å². The van der Waals surface area contributed by atoms with Crippen LogP contribution in [0.5, 0.6) is 0 Å². The number of carbonyl (C=O) groups excluding carboxylic acids is 1. The fraction of sp³-hybridized carbons (Fsp3) is 0.125. The fourth-order valence-electron chi connectivity index (χ4n) is 0.761. The number of nitrogens with zero attached hydrogens (tertiary/aromatic N) is 2. The van der Waals surface area contributed by atoms with Crippen LogP contribution in [0.15, 0.2) is 23.2 Å². The molecule has 60 valence electrons. The maximum Gasteiger partial charge on any atom is 0.304 e. The predicted octanol–water partition coefficient (Wildman–Crippen LogP) is 1.63. The summed E-state index contributed by atoms with van der Waals surface area (Å²) < 4.78 is 0. The first-order chi connectivity index (χ1) is 5.74. The van der Waals surface area contributed by atoms with E-state index in [-0.39, 0.29) is 0 Å². The lowest BCUT2D eigenvalue weighted by Crippen LogP contribution is -1.98. The molecule has 0 unspecified atom stereocenters. The van der Waals surface area contributed by atoms with Gasteiger partial charge in [0.15, 0.2) is 0 Å². The molecule has 3 nitrogen and oxygen atoms in total. The van der Waals surface area contributed by atoms with Crippen molar-refractivity contribution in [2.75, 3.05) is 0 Å². The summed E-state index contributed by atoms with van der Waals surface area (Å²) in [5, 5.41) is 2.00. The molecule has 0 saturated carbocycles. The molecule has 0 aromatic carbocycles. The number of amides is 1. The van der Waals surface area contributed by atoms with Crippen molar-refractivity contribution in [2.45, 2.75) is 6.92 Å². The number of aliphatic imine (C=N–C) groups is 1. The van der Waals surface area contributed by atoms with Gasteiger partial charge in [0.1, 0.15) is 5.69 Å². The van der Waals surface area contributed by atoms with Crippen LogP contribution >= 0.6 is 12.2 Å². The number of isothiocyanates is 1. The number of hydrogen-bond donors (Lipinski definition) is 0. The SMILES string of the molecule is Cc1cccc(C(=O)N=C=S)n1. The highest BCUT2D eigenvalue weighted by Crippen LogP contribution is 1.99. The van der Waals surface area contributed by atoms with Crippen LogP contribution in [0.4, 0.5) is 0 Å². The fourth-order valence-corrected chi connectivity index (χ4v) is 0.844. The number of thiocarbonyl (C=S) groups is 1. The third-order valence-electron chi connectivity index (χ3n) is 1.25. The van der Waals surface area contributed by atoms with Crippen molar-refractivity contribution in [1.29, 1.82) is 0 Å². The molecule has 0 spiro atoms. The highest BCUT2D eigenvalue weighted by Gasteiger charge is 2.03. The first-order valence-electron chi connectivity index (χ1n) is 3.30. The number of hydrogen-bond acceptors (Lipinski definition) is 3. The molecule has 1 aromatic rings. The second-order valence-corrected chi connectivity index (χ2v) is 2.36. The van der Waals surface area contributed by atoms with Gasteiger partial charge in [0, 0.05) is 5.69 Å². The zero-order valence-corrected chi connectivity index (χ0v) is 7.26. The summed E-state index contributed by atoms with van der Waals surface area (Å²) in [6.07, 6.45) is 0. The standard InChI is InChI=1S/C8H6N2OS/c1-6-3-2-4-7(10-6)8(11)9-5-12/h2-4H,1H3. The van der Waals surface area contributed by atoms with Crippen molar-refractivity contribution in [1.82, 2.24) is 4.98 Å². The summed E-state index contributed by atoms with van der Waals surface area (Å²) in [4.78, 5) is 18.3. The Kier molecular flexibility index (Phi) is 2.80. The average Bonchev–Trinajstić information content (AvgIpc) is 2.05. The van der Waals surface area contributed by atoms with E-state index < -0.39 is 5.91 Å². The summed E-state index contributed by atoms with van der Waals surface area (Å²) in [6.45, 7) is 1.80. The van der Waals surface area contributed by atoms with E-state index in [4.69, 9.17) is 0 Å². The summed E-state index contributed by atoms with van der Waals surface area (Å²) >= 11 is 4.30. The van der Waals surface area contributed by atoms with Crippen molar-refractivity contribution < 1.29 is 4.79 Å². The minimum Gasteiger partial charge on any atom is -0.264 e. The number of aromatic nitrogens is 1. The van der Waals surface area contributed by atoms with E-state index in [2.05, 4.69) is 22.2 Å². The van der Waals surface area contributed by atoms with Crippen LogP contribution in [0.25, 0.3) is 0 Å². The molecule has 0 atom stereocenters. The van der Waals surface area contributed by atoms with Gasteiger partial charge in [0.05, 0.1) is 5.16 Å². The van der Waals surface area contributed by atoms with Crippen molar-refractivity contribution in [3.05, 3.63) is 29.6 Å². The highest BCUT2D eigenvalue weighted by atomic mass is 32.1. The van der Waals surface area contributed by atoms with Crippen molar-refractivity contribution in [2.24, 2.45) is 4.99 Å². The van der Waals surface area contributed by atoms with Crippen LogP contribution in [0.3, 0.4) is 0 Å². The smallest absolute Gasteiger partial charge is 0.264 e. The Hall–Kier alpha value is -1.38. The van der Waals surface area contributed by atoms with Gasteiger partial charge in [0.2, 0.25) is 0 Å². The lowest BCUT2D eigenvalue weighted by Gasteiger charge is -1.93. The van der Waals surface area contributed by atoms with Crippen molar-refractivity contribution in [3.8, 4) is 0 Å². The van der Waals surface area contributed by atoms with Crippen LogP contribution in [-0.2, 0) is 0 Å². The monoisotopic (exact) mass is 178 g/mol. The predicted molar refractivity (Wildman–Crippen MR) is 48.3 cm³/mol. The van der Waals surface area contributed by atoms with E-state index in [1.807, 2.05) is 5.16 Å². The number of aryl methyl sites for hydroxylation is 1. The van der Waals surface area contributed by atoms with Gasteiger partial charge in [-0.15, -0.1) is 0 Å². The van der Waals surface area contributed by atoms with Gasteiger partial charge in [-0.1, -0.05) is 6.07 Å². The lowest BCUT2D eigenvalue weighted by molar-refractivity contribution is 0.0999. The van der Waals surface area contributed by atoms with Gasteiger partial charge < -0.3 is 0 Å². The molecule has 0 aliphatic heterocycles. The molecular weight excluding hydrogens is 172 g/mol. The Morgan fingerprint density at radius 3 is 3.00 bits per heavy atom. The summed E-state index contributed by atoms with van der Waals surface area (Å²) in [5.41, 5.74) is 1.08. The molecule has 0 N–H and O–H groups in total. The summed E-state index contributed by atoms with van der Waals surface area (Å²) in [6, 6.07) is 5.14. The molecule has 4 heteroatoms. The largest absolute Gasteiger partial charge is 0.304 e. The molecule has 0 fully saturated rings. The van der Waals surface area contributed by atoms with E-state index in [9.17, 15) is 4.79 Å². The molecule has 12 heavy (non-hydrogen) atoms. The topological polar surface area (TPSA) is 42.3 Å². The molecule has 0 aliphatic rings. The Labute approximate surface area is 75.2 Å². The van der Waals surface area contributed by atoms with Gasteiger partial charge >= 0.3 is 5.91 Å². The quantitative estimate of drug-likeness (QED) is 0.485. The minimum atomic E-state index is -0.450. The number of rotatable bonds is 1. The van der Waals surface area contributed by atoms with Gasteiger partial charge in [0.25, 0.3) is 0 Å². The Morgan fingerprint density at radius 1 is 1.67 bits per heavy atom. The Balaban J connectivity index is 3.03. The van der Waals surface area contributed by atoms with E-state index in [1.165, 1.54) is 0 Å². The van der Waals surface area contributed by atoms with Gasteiger partial charge in [-0.3, -0.25) is 4.79 Å². The molecule has 1 heterocycles. The van der Waals surface area contributed by atoms with Crippen LogP contribution < -0.4 is 0 Å². The van der Waals surface area contributed by atoms with Crippen LogP contribution in [0.2, 0.25) is 0 Å². The second-order valence-electron chi connectivity index (χ2n) is 2.17. The molecule has 1 rings (SSSR count). The van der Waals surface area contributed by atoms with Crippen molar-refractivity contribution in [3.63, 3.8) is 0 Å². The van der Waals surface area contributed by atoms with Crippen LogP contribution in [0, 0.1) is 6.92 Å². The molecule has 0 aliphatic carbocycles. The molecule has 0 radical (unpaired) electrons. The van der Waals surface area contributed by atoms with Gasteiger partial charge in [-0.2, -0.15) is 4.99 Å². The molecule has 0 saturated heterocycles. The third-order valence-corrected chi connectivity index (χ3v) is 1.35. The first kappa shape index (κ1) is 8.71. The van der Waals surface area contributed by atoms with Crippen LogP contribution in [0.1, 0.15) is 16.2 Å². The maximum absolute atomic E-state index is 11.0. The molecule has 1 amide bonds.